The van der Waals surface area contributed by atoms with Crippen molar-refractivity contribution in [3.05, 3.63) is 52.9 Å². The van der Waals surface area contributed by atoms with Gasteiger partial charge in [0.05, 0.1) is 10.7 Å². The number of nitrogens with zero attached hydrogens (tertiary/aromatic N) is 1. The molecule has 0 aliphatic rings. The van der Waals surface area contributed by atoms with Gasteiger partial charge in [-0.3, -0.25) is 4.98 Å². The van der Waals surface area contributed by atoms with Crippen LogP contribution in [0.1, 0.15) is 12.5 Å². The lowest BCUT2D eigenvalue weighted by molar-refractivity contribution is 0.615. The van der Waals surface area contributed by atoms with Crippen molar-refractivity contribution in [2.45, 2.75) is 13.3 Å². The fourth-order valence-corrected chi connectivity index (χ4v) is 1.84. The van der Waals surface area contributed by atoms with E-state index < -0.39 is 0 Å². The maximum Gasteiger partial charge on any atom is 0.135 e. The van der Waals surface area contributed by atoms with Gasteiger partial charge in [0, 0.05) is 11.8 Å². The summed E-state index contributed by atoms with van der Waals surface area (Å²) in [5, 5.41) is 0.467. The van der Waals surface area contributed by atoms with Gasteiger partial charge >= 0.3 is 0 Å². The molecule has 1 heterocycles. The van der Waals surface area contributed by atoms with Crippen LogP contribution in [0.2, 0.25) is 5.02 Å². The van der Waals surface area contributed by atoms with Crippen LogP contribution in [0.25, 0.3) is 11.3 Å². The van der Waals surface area contributed by atoms with Gasteiger partial charge in [-0.2, -0.15) is 0 Å². The highest BCUT2D eigenvalue weighted by Gasteiger charge is 2.12. The predicted octanol–water partition coefficient (Wildman–Crippen LogP) is 4.10. The number of benzene rings is 1. The van der Waals surface area contributed by atoms with Crippen LogP contribution >= 0.6 is 11.6 Å². The third-order valence-electron chi connectivity index (χ3n) is 2.47. The third kappa shape index (κ3) is 1.93. The van der Waals surface area contributed by atoms with E-state index >= 15 is 0 Å². The van der Waals surface area contributed by atoms with Crippen molar-refractivity contribution in [1.29, 1.82) is 0 Å². The van der Waals surface area contributed by atoms with Gasteiger partial charge in [0.15, 0.2) is 0 Å². The lowest BCUT2D eigenvalue weighted by Gasteiger charge is -2.07. The van der Waals surface area contributed by atoms with Crippen molar-refractivity contribution in [3.63, 3.8) is 0 Å². The maximum atomic E-state index is 14.0. The second-order valence-electron chi connectivity index (χ2n) is 3.47. The molecule has 2 rings (SSSR count). The molecule has 1 aromatic carbocycles. The van der Waals surface area contributed by atoms with Gasteiger partial charge in [0.1, 0.15) is 5.82 Å². The van der Waals surface area contributed by atoms with Crippen LogP contribution in [0.15, 0.2) is 36.5 Å². The Hall–Kier alpha value is -1.41. The Morgan fingerprint density at radius 1 is 1.25 bits per heavy atom. The molecule has 1 nitrogen and oxygen atoms in total. The summed E-state index contributed by atoms with van der Waals surface area (Å²) in [4.78, 5) is 4.11. The molecular weight excluding hydrogens is 225 g/mol. The van der Waals surface area contributed by atoms with E-state index in [0.29, 0.717) is 28.3 Å². The van der Waals surface area contributed by atoms with E-state index in [1.165, 1.54) is 0 Å². The van der Waals surface area contributed by atoms with Crippen molar-refractivity contribution in [2.24, 2.45) is 0 Å². The number of rotatable bonds is 2. The van der Waals surface area contributed by atoms with Crippen LogP contribution in [0, 0.1) is 5.82 Å². The summed E-state index contributed by atoms with van der Waals surface area (Å²) in [7, 11) is 0. The summed E-state index contributed by atoms with van der Waals surface area (Å²) in [5.41, 5.74) is 1.64. The zero-order chi connectivity index (χ0) is 11.5. The van der Waals surface area contributed by atoms with Gasteiger partial charge in [-0.05, 0) is 30.2 Å². The fourth-order valence-electron chi connectivity index (χ4n) is 1.62. The Morgan fingerprint density at radius 2 is 2.06 bits per heavy atom. The molecule has 3 heteroatoms. The van der Waals surface area contributed by atoms with E-state index in [1.54, 1.807) is 30.5 Å². The van der Waals surface area contributed by atoms with Gasteiger partial charge in [-0.15, -0.1) is 0 Å². The molecule has 16 heavy (non-hydrogen) atoms. The molecule has 0 fully saturated rings. The molecule has 82 valence electrons. The zero-order valence-corrected chi connectivity index (χ0v) is 9.63. The van der Waals surface area contributed by atoms with Crippen LogP contribution in [0.5, 0.6) is 0 Å². The van der Waals surface area contributed by atoms with E-state index in [2.05, 4.69) is 4.98 Å². The highest BCUT2D eigenvalue weighted by atomic mass is 35.5. The monoisotopic (exact) mass is 235 g/mol. The lowest BCUT2D eigenvalue weighted by Crippen LogP contribution is -1.93. The normalized spacial score (nSPS) is 10.4. The first kappa shape index (κ1) is 11.1. The average Bonchev–Trinajstić information content (AvgIpc) is 2.31. The topological polar surface area (TPSA) is 12.9 Å². The number of halogens is 2. The first-order valence-corrected chi connectivity index (χ1v) is 5.50. The molecule has 0 aliphatic carbocycles. The Bertz CT molecular complexity index is 511. The highest BCUT2D eigenvalue weighted by Crippen LogP contribution is 2.28. The van der Waals surface area contributed by atoms with Crippen LogP contribution < -0.4 is 0 Å². The van der Waals surface area contributed by atoms with Crippen LogP contribution in [-0.4, -0.2) is 4.98 Å². The summed E-state index contributed by atoms with van der Waals surface area (Å²) in [6.07, 6.45) is 2.27. The smallest absolute Gasteiger partial charge is 0.135 e. The van der Waals surface area contributed by atoms with E-state index in [0.717, 1.165) is 0 Å². The molecule has 0 saturated carbocycles. The van der Waals surface area contributed by atoms with Gasteiger partial charge in [-0.1, -0.05) is 30.7 Å². The first-order chi connectivity index (χ1) is 7.74. The number of pyridine rings is 1. The predicted molar refractivity (Wildman–Crippen MR) is 64.0 cm³/mol. The fraction of sp³-hybridized carbons (Fsp3) is 0.154. The molecule has 0 spiro atoms. The maximum absolute atomic E-state index is 14.0. The van der Waals surface area contributed by atoms with E-state index in [9.17, 15) is 4.39 Å². The quantitative estimate of drug-likeness (QED) is 0.764. The molecule has 0 saturated heterocycles. The molecule has 0 aliphatic heterocycles. The minimum atomic E-state index is -0.231. The Balaban J connectivity index is 2.61. The number of hydrogen-bond acceptors (Lipinski definition) is 1. The van der Waals surface area contributed by atoms with Crippen molar-refractivity contribution >= 4 is 11.6 Å². The minimum Gasteiger partial charge on any atom is -0.255 e. The van der Waals surface area contributed by atoms with Crippen LogP contribution in [0.3, 0.4) is 0 Å². The second-order valence-corrected chi connectivity index (χ2v) is 3.87. The van der Waals surface area contributed by atoms with Gasteiger partial charge in [0.2, 0.25) is 0 Å². The van der Waals surface area contributed by atoms with Gasteiger partial charge in [-0.25, -0.2) is 4.39 Å². The van der Waals surface area contributed by atoms with Crippen LogP contribution in [-0.2, 0) is 6.42 Å². The van der Waals surface area contributed by atoms with Crippen molar-refractivity contribution < 1.29 is 4.39 Å². The van der Waals surface area contributed by atoms with Crippen LogP contribution in [0.4, 0.5) is 4.39 Å². The molecule has 0 radical (unpaired) electrons. The summed E-state index contributed by atoms with van der Waals surface area (Å²) in [6, 6.07) is 8.73. The minimum absolute atomic E-state index is 0.231. The van der Waals surface area contributed by atoms with Crippen molar-refractivity contribution in [1.82, 2.24) is 4.98 Å². The van der Waals surface area contributed by atoms with E-state index in [1.807, 2.05) is 13.0 Å². The van der Waals surface area contributed by atoms with Gasteiger partial charge < -0.3 is 0 Å². The summed E-state index contributed by atoms with van der Waals surface area (Å²) in [5.74, 6) is -0.231. The summed E-state index contributed by atoms with van der Waals surface area (Å²) < 4.78 is 14.0. The largest absolute Gasteiger partial charge is 0.255 e. The van der Waals surface area contributed by atoms with Crippen molar-refractivity contribution in [3.8, 4) is 11.3 Å². The first-order valence-electron chi connectivity index (χ1n) is 5.12. The standard InChI is InChI=1S/C13H11ClFN/c1-2-9-5-3-6-10(12(9)15)13-11(14)7-4-8-16-13/h3-8H,2H2,1H3. The average molecular weight is 236 g/mol. The Morgan fingerprint density at radius 3 is 2.75 bits per heavy atom. The molecule has 2 aromatic rings. The Kier molecular flexibility index (Phi) is 3.20. The summed E-state index contributed by atoms with van der Waals surface area (Å²) >= 11 is 6.00. The number of aryl methyl sites for hydroxylation is 1. The summed E-state index contributed by atoms with van der Waals surface area (Å²) in [6.45, 7) is 1.92. The molecule has 0 unspecified atom stereocenters. The van der Waals surface area contributed by atoms with E-state index in [-0.39, 0.29) is 5.82 Å². The van der Waals surface area contributed by atoms with Gasteiger partial charge in [0.25, 0.3) is 0 Å². The molecule has 0 bridgehead atoms. The molecule has 0 atom stereocenters. The van der Waals surface area contributed by atoms with Crippen molar-refractivity contribution in [2.75, 3.05) is 0 Å². The molecule has 0 N–H and O–H groups in total. The SMILES string of the molecule is CCc1cccc(-c2ncccc2Cl)c1F. The third-order valence-corrected chi connectivity index (χ3v) is 2.78. The zero-order valence-electron chi connectivity index (χ0n) is 8.87. The van der Waals surface area contributed by atoms with E-state index in [4.69, 9.17) is 11.6 Å². The Labute approximate surface area is 98.9 Å². The number of aromatic nitrogens is 1. The molecular formula is C13H11ClFN. The molecule has 1 aromatic heterocycles. The lowest BCUT2D eigenvalue weighted by atomic mass is 10.0. The highest BCUT2D eigenvalue weighted by molar-refractivity contribution is 6.33. The number of hydrogen-bond donors (Lipinski definition) is 0. The second kappa shape index (κ2) is 4.62. The molecule has 0 amide bonds.